The van der Waals surface area contributed by atoms with Crippen LogP contribution in [0.1, 0.15) is 32.6 Å². The fourth-order valence-electron chi connectivity index (χ4n) is 2.88. The van der Waals surface area contributed by atoms with E-state index in [1.54, 1.807) is 0 Å². The Kier molecular flexibility index (Phi) is 6.00. The monoisotopic (exact) mass is 342 g/mol. The molecule has 7 heteroatoms. The van der Waals surface area contributed by atoms with Crippen molar-refractivity contribution in [3.8, 4) is 0 Å². The number of hydrogen-bond donors (Lipinski definition) is 0. The first-order chi connectivity index (χ1) is 10.8. The summed E-state index contributed by atoms with van der Waals surface area (Å²) in [6.45, 7) is 2.97. The van der Waals surface area contributed by atoms with Gasteiger partial charge in [0.1, 0.15) is 0 Å². The van der Waals surface area contributed by atoms with Crippen molar-refractivity contribution in [3.05, 3.63) is 28.7 Å². The lowest BCUT2D eigenvalue weighted by atomic mass is 9.88. The lowest BCUT2D eigenvalue weighted by Gasteiger charge is -2.28. The molecule has 23 heavy (non-hydrogen) atoms. The molecule has 2 unspecified atom stereocenters. The normalized spacial score (nSPS) is 22.4. The number of sulfonamides is 1. The van der Waals surface area contributed by atoms with Crippen LogP contribution >= 0.6 is 0 Å². The molecule has 0 amide bonds. The van der Waals surface area contributed by atoms with Crippen molar-refractivity contribution in [2.24, 2.45) is 5.92 Å². The van der Waals surface area contributed by atoms with Gasteiger partial charge in [-0.2, -0.15) is 0 Å². The molecule has 0 spiro atoms. The second-order valence-electron chi connectivity index (χ2n) is 6.35. The minimum absolute atomic E-state index is 0.119. The zero-order valence-corrected chi connectivity index (χ0v) is 14.9. The second-order valence-corrected chi connectivity index (χ2v) is 8.51. The summed E-state index contributed by atoms with van der Waals surface area (Å²) in [5, 5.41) is 0. The zero-order valence-electron chi connectivity index (χ0n) is 14.1. The van der Waals surface area contributed by atoms with E-state index in [0.717, 1.165) is 10.7 Å². The first kappa shape index (κ1) is 18.2. The van der Waals surface area contributed by atoms with Crippen LogP contribution < -0.4 is 5.56 Å². The number of rotatable bonds is 6. The van der Waals surface area contributed by atoms with E-state index in [2.05, 4.69) is 6.92 Å². The molecule has 1 aliphatic rings. The Morgan fingerprint density at radius 3 is 2.61 bits per heavy atom. The first-order valence-electron chi connectivity index (χ1n) is 8.07. The van der Waals surface area contributed by atoms with Crippen molar-refractivity contribution < 1.29 is 13.2 Å². The topological polar surface area (TPSA) is 68.6 Å². The van der Waals surface area contributed by atoms with E-state index in [0.29, 0.717) is 19.1 Å². The minimum atomic E-state index is -3.54. The molecular formula is C16H26N2O4S. The van der Waals surface area contributed by atoms with Gasteiger partial charge in [0.2, 0.25) is 10.0 Å². The minimum Gasteiger partial charge on any atom is -0.376 e. The molecule has 6 nitrogen and oxygen atoms in total. The molecule has 2 atom stereocenters. The smallest absolute Gasteiger partial charge is 0.250 e. The molecule has 0 bridgehead atoms. The Hall–Kier alpha value is -1.18. The first-order valence-corrected chi connectivity index (χ1v) is 9.51. The summed E-state index contributed by atoms with van der Waals surface area (Å²) < 4.78 is 32.7. The maximum absolute atomic E-state index is 12.1. The molecule has 0 aromatic carbocycles. The Bertz CT molecular complexity index is 682. The van der Waals surface area contributed by atoms with Gasteiger partial charge < -0.3 is 9.30 Å². The van der Waals surface area contributed by atoms with E-state index in [1.807, 2.05) is 0 Å². The fourth-order valence-corrected chi connectivity index (χ4v) is 3.80. The van der Waals surface area contributed by atoms with E-state index in [-0.39, 0.29) is 16.6 Å². The van der Waals surface area contributed by atoms with Crippen LogP contribution in [0.3, 0.4) is 0 Å². The number of hydrogen-bond acceptors (Lipinski definition) is 4. The van der Waals surface area contributed by atoms with Crippen molar-refractivity contribution in [1.29, 1.82) is 0 Å². The maximum atomic E-state index is 12.1. The Labute approximate surface area is 138 Å². The molecule has 0 aliphatic heterocycles. The molecule has 1 saturated carbocycles. The average molecular weight is 342 g/mol. The predicted molar refractivity (Wildman–Crippen MR) is 88.9 cm³/mol. The summed E-state index contributed by atoms with van der Waals surface area (Å²) in [5.74, 6) is 0.543. The average Bonchev–Trinajstić information content (AvgIpc) is 2.50. The summed E-state index contributed by atoms with van der Waals surface area (Å²) in [7, 11) is -0.596. The quantitative estimate of drug-likeness (QED) is 0.789. The van der Waals surface area contributed by atoms with Gasteiger partial charge in [-0.1, -0.05) is 19.8 Å². The molecule has 2 rings (SSSR count). The molecule has 1 fully saturated rings. The molecule has 0 radical (unpaired) electrons. The van der Waals surface area contributed by atoms with Crippen LogP contribution in [-0.2, 0) is 21.3 Å². The van der Waals surface area contributed by atoms with E-state index in [1.165, 1.54) is 56.3 Å². The lowest BCUT2D eigenvalue weighted by molar-refractivity contribution is -0.00868. The van der Waals surface area contributed by atoms with Gasteiger partial charge in [-0.15, -0.1) is 0 Å². The van der Waals surface area contributed by atoms with Crippen molar-refractivity contribution in [2.45, 2.75) is 50.2 Å². The highest BCUT2D eigenvalue weighted by atomic mass is 32.2. The van der Waals surface area contributed by atoms with E-state index >= 15 is 0 Å². The van der Waals surface area contributed by atoms with E-state index < -0.39 is 10.0 Å². The third-order valence-corrected chi connectivity index (χ3v) is 6.23. The zero-order chi connectivity index (χ0) is 17.0. The Morgan fingerprint density at radius 1 is 1.26 bits per heavy atom. The van der Waals surface area contributed by atoms with Crippen molar-refractivity contribution >= 4 is 10.0 Å². The SMILES string of the molecule is CC1CCCCC1OCCn1cc(S(=O)(=O)N(C)C)ccc1=O. The van der Waals surface area contributed by atoms with Gasteiger partial charge in [-0.25, -0.2) is 12.7 Å². The molecule has 1 aliphatic carbocycles. The highest BCUT2D eigenvalue weighted by Crippen LogP contribution is 2.26. The second kappa shape index (κ2) is 7.59. The van der Waals surface area contributed by atoms with Crippen molar-refractivity contribution in [2.75, 3.05) is 20.7 Å². The number of pyridine rings is 1. The van der Waals surface area contributed by atoms with Gasteiger partial charge in [-0.05, 0) is 24.8 Å². The van der Waals surface area contributed by atoms with E-state index in [4.69, 9.17) is 4.74 Å². The molecule has 1 aromatic rings. The van der Waals surface area contributed by atoms with Crippen LogP contribution in [0.15, 0.2) is 28.0 Å². The largest absolute Gasteiger partial charge is 0.376 e. The molecule has 0 N–H and O–H groups in total. The van der Waals surface area contributed by atoms with Crippen molar-refractivity contribution in [3.63, 3.8) is 0 Å². The standard InChI is InChI=1S/C16H26N2O4S/c1-13-6-4-5-7-15(13)22-11-10-18-12-14(8-9-16(18)19)23(20,21)17(2)3/h8-9,12-13,15H,4-7,10-11H2,1-3H3. The van der Waals surface area contributed by atoms with E-state index in [9.17, 15) is 13.2 Å². The molecular weight excluding hydrogens is 316 g/mol. The van der Waals surface area contributed by atoms with Crippen LogP contribution in [0.2, 0.25) is 0 Å². The predicted octanol–water partition coefficient (Wildman–Crippen LogP) is 1.69. The molecule has 1 aromatic heterocycles. The van der Waals surface area contributed by atoms with Crippen LogP contribution in [0.5, 0.6) is 0 Å². The highest BCUT2D eigenvalue weighted by molar-refractivity contribution is 7.89. The summed E-state index contributed by atoms with van der Waals surface area (Å²) in [4.78, 5) is 12.0. The van der Waals surface area contributed by atoms with Gasteiger partial charge in [0.15, 0.2) is 0 Å². The van der Waals surface area contributed by atoms with Gasteiger partial charge in [-0.3, -0.25) is 4.79 Å². The van der Waals surface area contributed by atoms with Gasteiger partial charge >= 0.3 is 0 Å². The Balaban J connectivity index is 2.04. The van der Waals surface area contributed by atoms with Crippen LogP contribution in [0, 0.1) is 5.92 Å². The van der Waals surface area contributed by atoms with Gasteiger partial charge in [0.25, 0.3) is 5.56 Å². The van der Waals surface area contributed by atoms with Crippen molar-refractivity contribution in [1.82, 2.24) is 8.87 Å². The Morgan fingerprint density at radius 2 is 1.96 bits per heavy atom. The number of nitrogens with zero attached hydrogens (tertiary/aromatic N) is 2. The number of ether oxygens (including phenoxy) is 1. The highest BCUT2D eigenvalue weighted by Gasteiger charge is 2.22. The van der Waals surface area contributed by atoms with Crippen LogP contribution in [0.25, 0.3) is 0 Å². The van der Waals surface area contributed by atoms with Crippen LogP contribution in [0.4, 0.5) is 0 Å². The summed E-state index contributed by atoms with van der Waals surface area (Å²) in [6, 6.07) is 2.64. The molecule has 130 valence electrons. The number of aromatic nitrogens is 1. The molecule has 1 heterocycles. The third-order valence-electron chi connectivity index (χ3n) is 4.43. The van der Waals surface area contributed by atoms with Crippen LogP contribution in [-0.4, -0.2) is 44.1 Å². The van der Waals surface area contributed by atoms with Gasteiger partial charge in [0.05, 0.1) is 17.6 Å². The summed E-state index contributed by atoms with van der Waals surface area (Å²) in [5.41, 5.74) is -0.219. The fraction of sp³-hybridized carbons (Fsp3) is 0.688. The summed E-state index contributed by atoms with van der Waals surface area (Å²) in [6.07, 6.45) is 6.32. The summed E-state index contributed by atoms with van der Waals surface area (Å²) >= 11 is 0. The lowest BCUT2D eigenvalue weighted by Crippen LogP contribution is -2.29. The van der Waals surface area contributed by atoms with Gasteiger partial charge in [0, 0.05) is 32.9 Å². The molecule has 0 saturated heterocycles. The third kappa shape index (κ3) is 4.43. The maximum Gasteiger partial charge on any atom is 0.250 e.